The lowest BCUT2D eigenvalue weighted by molar-refractivity contribution is -0.139. The molecule has 0 saturated carbocycles. The molecule has 1 aromatic carbocycles. The van der Waals surface area contributed by atoms with Crippen molar-refractivity contribution in [3.05, 3.63) is 35.4 Å². The average Bonchev–Trinajstić information content (AvgIpc) is 2.15. The second-order valence-corrected chi connectivity index (χ2v) is 4.18. The molecule has 0 bridgehead atoms. The van der Waals surface area contributed by atoms with Gasteiger partial charge >= 0.3 is 12.1 Å². The number of benzene rings is 1. The Hall–Kier alpha value is -1.52. The van der Waals surface area contributed by atoms with Crippen LogP contribution < -0.4 is 0 Å². The monoisotopic (exact) mass is 246 g/mol. The summed E-state index contributed by atoms with van der Waals surface area (Å²) in [5.74, 6) is -1.98. The van der Waals surface area contributed by atoms with Gasteiger partial charge in [0.1, 0.15) is 0 Å². The number of alkyl halides is 3. The molecule has 17 heavy (non-hydrogen) atoms. The van der Waals surface area contributed by atoms with E-state index in [1.165, 1.54) is 12.1 Å². The third-order valence-corrected chi connectivity index (χ3v) is 2.53. The van der Waals surface area contributed by atoms with Gasteiger partial charge in [-0.25, -0.2) is 0 Å². The Labute approximate surface area is 97.1 Å². The van der Waals surface area contributed by atoms with Crippen LogP contribution in [-0.2, 0) is 11.0 Å². The van der Waals surface area contributed by atoms with Gasteiger partial charge in [0, 0.05) is 0 Å². The molecule has 0 aromatic heterocycles. The highest BCUT2D eigenvalue weighted by Crippen LogP contribution is 2.31. The fraction of sp³-hybridized carbons (Fsp3) is 0.417. The van der Waals surface area contributed by atoms with Crippen molar-refractivity contribution < 1.29 is 23.1 Å². The van der Waals surface area contributed by atoms with E-state index in [2.05, 4.69) is 0 Å². The third kappa shape index (κ3) is 3.22. The molecule has 0 fully saturated rings. The van der Waals surface area contributed by atoms with Crippen LogP contribution in [0.3, 0.4) is 0 Å². The molecule has 1 rings (SSSR count). The highest BCUT2D eigenvalue weighted by atomic mass is 19.4. The Kier molecular flexibility index (Phi) is 3.80. The van der Waals surface area contributed by atoms with Gasteiger partial charge < -0.3 is 5.11 Å². The number of carboxylic acids is 1. The first-order valence-electron chi connectivity index (χ1n) is 5.13. The Bertz CT molecular complexity index is 393. The van der Waals surface area contributed by atoms with Crippen LogP contribution in [0, 0.1) is 5.92 Å². The van der Waals surface area contributed by atoms with Crippen LogP contribution in [0.2, 0.25) is 0 Å². The van der Waals surface area contributed by atoms with E-state index in [-0.39, 0.29) is 5.92 Å². The maximum atomic E-state index is 12.3. The molecule has 0 radical (unpaired) electrons. The molecule has 0 heterocycles. The highest BCUT2D eigenvalue weighted by Gasteiger charge is 2.31. The standard InChI is InChI=1S/C12H13F3O2/c1-7(2)10(11(16)17)8-3-5-9(6-4-8)12(13,14)15/h3-7,10H,1-2H3,(H,16,17)/t10-/m1/s1. The number of carbonyl (C=O) groups is 1. The summed E-state index contributed by atoms with van der Waals surface area (Å²) in [7, 11) is 0. The first kappa shape index (κ1) is 13.5. The Balaban J connectivity index is 3.05. The number of halogens is 3. The Morgan fingerprint density at radius 2 is 1.65 bits per heavy atom. The molecule has 0 aliphatic heterocycles. The van der Waals surface area contributed by atoms with Crippen LogP contribution in [0.15, 0.2) is 24.3 Å². The molecule has 0 aliphatic rings. The lowest BCUT2D eigenvalue weighted by Crippen LogP contribution is -2.17. The van der Waals surface area contributed by atoms with Gasteiger partial charge in [-0.15, -0.1) is 0 Å². The van der Waals surface area contributed by atoms with Crippen LogP contribution in [-0.4, -0.2) is 11.1 Å². The SMILES string of the molecule is CC(C)[C@@H](C(=O)O)c1ccc(C(F)(F)F)cc1. The topological polar surface area (TPSA) is 37.3 Å². The molecule has 94 valence electrons. The van der Waals surface area contributed by atoms with Crippen LogP contribution in [0.5, 0.6) is 0 Å². The molecule has 0 spiro atoms. The van der Waals surface area contributed by atoms with Crippen LogP contribution in [0.25, 0.3) is 0 Å². The lowest BCUT2D eigenvalue weighted by Gasteiger charge is -2.17. The zero-order valence-electron chi connectivity index (χ0n) is 9.45. The second kappa shape index (κ2) is 4.77. The number of carboxylic acid groups (broad SMARTS) is 1. The highest BCUT2D eigenvalue weighted by molar-refractivity contribution is 5.76. The van der Waals surface area contributed by atoms with Gasteiger partial charge in [-0.2, -0.15) is 13.2 Å². The number of hydrogen-bond donors (Lipinski definition) is 1. The molecule has 0 amide bonds. The summed E-state index contributed by atoms with van der Waals surface area (Å²) >= 11 is 0. The lowest BCUT2D eigenvalue weighted by atomic mass is 9.88. The first-order valence-corrected chi connectivity index (χ1v) is 5.13. The van der Waals surface area contributed by atoms with Crippen molar-refractivity contribution >= 4 is 5.97 Å². The zero-order valence-corrected chi connectivity index (χ0v) is 9.45. The number of aliphatic carboxylic acids is 1. The Morgan fingerprint density at radius 3 is 1.94 bits per heavy atom. The van der Waals surface area contributed by atoms with Gasteiger partial charge in [0.25, 0.3) is 0 Å². The maximum absolute atomic E-state index is 12.3. The van der Waals surface area contributed by atoms with E-state index in [4.69, 9.17) is 5.11 Å². The largest absolute Gasteiger partial charge is 0.481 e. The van der Waals surface area contributed by atoms with E-state index in [9.17, 15) is 18.0 Å². The van der Waals surface area contributed by atoms with E-state index in [0.29, 0.717) is 5.56 Å². The normalized spacial score (nSPS) is 13.8. The van der Waals surface area contributed by atoms with Crippen molar-refractivity contribution in [2.45, 2.75) is 25.9 Å². The van der Waals surface area contributed by atoms with E-state index < -0.39 is 23.6 Å². The van der Waals surface area contributed by atoms with Crippen molar-refractivity contribution in [2.75, 3.05) is 0 Å². The first-order chi connectivity index (χ1) is 7.73. The molecule has 5 heteroatoms. The van der Waals surface area contributed by atoms with E-state index in [1.54, 1.807) is 13.8 Å². The smallest absolute Gasteiger partial charge is 0.416 e. The summed E-state index contributed by atoms with van der Waals surface area (Å²) in [6.45, 7) is 3.44. The number of rotatable bonds is 3. The van der Waals surface area contributed by atoms with Crippen molar-refractivity contribution in [1.82, 2.24) is 0 Å². The molecule has 1 N–H and O–H groups in total. The average molecular weight is 246 g/mol. The summed E-state index contributed by atoms with van der Waals surface area (Å²) < 4.78 is 37.0. The van der Waals surface area contributed by atoms with Crippen LogP contribution in [0.1, 0.15) is 30.9 Å². The van der Waals surface area contributed by atoms with E-state index in [0.717, 1.165) is 12.1 Å². The molecular formula is C12H13F3O2. The van der Waals surface area contributed by atoms with E-state index in [1.807, 2.05) is 0 Å². The molecule has 1 atom stereocenters. The molecule has 1 aromatic rings. The predicted octanol–water partition coefficient (Wildman–Crippen LogP) is 3.53. The van der Waals surface area contributed by atoms with Crippen LogP contribution in [0.4, 0.5) is 13.2 Å². The van der Waals surface area contributed by atoms with Gasteiger partial charge in [0.15, 0.2) is 0 Å². The minimum Gasteiger partial charge on any atom is -0.481 e. The van der Waals surface area contributed by atoms with Crippen molar-refractivity contribution in [3.8, 4) is 0 Å². The summed E-state index contributed by atoms with van der Waals surface area (Å²) in [5.41, 5.74) is -0.380. The minimum absolute atomic E-state index is 0.177. The molecule has 0 saturated heterocycles. The van der Waals surface area contributed by atoms with Crippen molar-refractivity contribution in [3.63, 3.8) is 0 Å². The van der Waals surface area contributed by atoms with E-state index >= 15 is 0 Å². The second-order valence-electron chi connectivity index (χ2n) is 4.18. The summed E-state index contributed by atoms with van der Waals surface area (Å²) in [6, 6.07) is 4.27. The van der Waals surface area contributed by atoms with Crippen molar-refractivity contribution in [1.29, 1.82) is 0 Å². The molecular weight excluding hydrogens is 233 g/mol. The van der Waals surface area contributed by atoms with Gasteiger partial charge in [0.05, 0.1) is 11.5 Å². The fourth-order valence-electron chi connectivity index (χ4n) is 1.69. The van der Waals surface area contributed by atoms with Gasteiger partial charge in [-0.1, -0.05) is 26.0 Å². The fourth-order valence-corrected chi connectivity index (χ4v) is 1.69. The summed E-state index contributed by atoms with van der Waals surface area (Å²) in [6.07, 6.45) is -4.39. The van der Waals surface area contributed by atoms with Gasteiger partial charge in [-0.05, 0) is 23.6 Å². The maximum Gasteiger partial charge on any atom is 0.416 e. The Morgan fingerprint density at radius 1 is 1.18 bits per heavy atom. The molecule has 2 nitrogen and oxygen atoms in total. The van der Waals surface area contributed by atoms with Gasteiger partial charge in [0.2, 0.25) is 0 Å². The quantitative estimate of drug-likeness (QED) is 0.885. The summed E-state index contributed by atoms with van der Waals surface area (Å²) in [4.78, 5) is 11.0. The van der Waals surface area contributed by atoms with Crippen molar-refractivity contribution in [2.24, 2.45) is 5.92 Å². The summed E-state index contributed by atoms with van der Waals surface area (Å²) in [5, 5.41) is 9.00. The van der Waals surface area contributed by atoms with Crippen LogP contribution >= 0.6 is 0 Å². The minimum atomic E-state index is -4.39. The van der Waals surface area contributed by atoms with Gasteiger partial charge in [-0.3, -0.25) is 4.79 Å². The third-order valence-electron chi connectivity index (χ3n) is 2.53. The number of hydrogen-bond acceptors (Lipinski definition) is 1. The molecule has 0 aliphatic carbocycles. The molecule has 0 unspecified atom stereocenters. The zero-order chi connectivity index (χ0) is 13.2. The predicted molar refractivity (Wildman–Crippen MR) is 56.7 cm³/mol.